The Morgan fingerprint density at radius 3 is 2.55 bits per heavy atom. The summed E-state index contributed by atoms with van der Waals surface area (Å²) in [5, 5.41) is 14.7. The van der Waals surface area contributed by atoms with Crippen molar-refractivity contribution in [2.75, 3.05) is 18.0 Å². The Bertz CT molecular complexity index is 993. The van der Waals surface area contributed by atoms with Gasteiger partial charge in [0.1, 0.15) is 5.82 Å². The summed E-state index contributed by atoms with van der Waals surface area (Å²) >= 11 is 0. The molecule has 0 bridgehead atoms. The maximum Gasteiger partial charge on any atom is 0.311 e. The number of anilines is 1. The summed E-state index contributed by atoms with van der Waals surface area (Å²) in [6, 6.07) is 1.93. The second kappa shape index (κ2) is 7.71. The van der Waals surface area contributed by atoms with Crippen LogP contribution >= 0.6 is 0 Å². The molecule has 1 aliphatic heterocycles. The molecule has 31 heavy (non-hydrogen) atoms. The van der Waals surface area contributed by atoms with Crippen LogP contribution in [0.3, 0.4) is 0 Å². The molecule has 3 heterocycles. The lowest BCUT2D eigenvalue weighted by molar-refractivity contribution is -0.148. The molecular weight excluding hydrogens is 402 g/mol. The Labute approximate surface area is 181 Å². The molecule has 0 spiro atoms. The molecule has 8 heteroatoms. The Balaban J connectivity index is 1.80. The summed E-state index contributed by atoms with van der Waals surface area (Å²) in [4.78, 5) is 18.9. The van der Waals surface area contributed by atoms with Crippen molar-refractivity contribution in [2.45, 2.75) is 84.0 Å². The molecule has 0 amide bonds. The molecular formula is C23H32F2N4O2. The zero-order chi connectivity index (χ0) is 22.6. The summed E-state index contributed by atoms with van der Waals surface area (Å²) in [5.41, 5.74) is 2.66. The van der Waals surface area contributed by atoms with E-state index in [0.29, 0.717) is 31.5 Å². The quantitative estimate of drug-likeness (QED) is 0.721. The zero-order valence-electron chi connectivity index (χ0n) is 18.8. The topological polar surface area (TPSA) is 70.7 Å². The SMILES string of the molecule is Cc1nc2cc(C3CCC(F)(F)CC3)nn2c(N2CCCC(C)(C(=O)O)C2)c1C(C)C. The van der Waals surface area contributed by atoms with E-state index in [1.807, 2.05) is 17.5 Å². The van der Waals surface area contributed by atoms with Gasteiger partial charge in [-0.2, -0.15) is 9.61 Å². The van der Waals surface area contributed by atoms with Crippen LogP contribution in [0.2, 0.25) is 0 Å². The van der Waals surface area contributed by atoms with E-state index >= 15 is 0 Å². The van der Waals surface area contributed by atoms with Crippen molar-refractivity contribution in [3.05, 3.63) is 23.0 Å². The van der Waals surface area contributed by atoms with Gasteiger partial charge in [-0.1, -0.05) is 13.8 Å². The van der Waals surface area contributed by atoms with Gasteiger partial charge in [0.25, 0.3) is 0 Å². The van der Waals surface area contributed by atoms with Gasteiger partial charge < -0.3 is 10.0 Å². The highest BCUT2D eigenvalue weighted by atomic mass is 19.3. The van der Waals surface area contributed by atoms with Crippen LogP contribution in [0, 0.1) is 12.3 Å². The first-order chi connectivity index (χ1) is 14.5. The number of fused-ring (bicyclic) bond motifs is 1. The van der Waals surface area contributed by atoms with Crippen molar-refractivity contribution in [1.29, 1.82) is 0 Å². The summed E-state index contributed by atoms with van der Waals surface area (Å²) in [7, 11) is 0. The van der Waals surface area contributed by atoms with Crippen molar-refractivity contribution in [2.24, 2.45) is 5.41 Å². The van der Waals surface area contributed by atoms with Gasteiger partial charge in [-0.25, -0.2) is 13.8 Å². The highest BCUT2D eigenvalue weighted by Gasteiger charge is 2.40. The van der Waals surface area contributed by atoms with Crippen molar-refractivity contribution >= 4 is 17.4 Å². The molecule has 1 atom stereocenters. The summed E-state index contributed by atoms with van der Waals surface area (Å²) in [6.45, 7) is 9.16. The molecule has 0 radical (unpaired) electrons. The van der Waals surface area contributed by atoms with Crippen LogP contribution in [0.25, 0.3) is 5.65 Å². The van der Waals surface area contributed by atoms with Crippen LogP contribution in [-0.2, 0) is 4.79 Å². The van der Waals surface area contributed by atoms with Crippen LogP contribution in [0.1, 0.15) is 88.1 Å². The van der Waals surface area contributed by atoms with E-state index in [0.717, 1.165) is 35.7 Å². The zero-order valence-corrected chi connectivity index (χ0v) is 18.8. The highest BCUT2D eigenvalue weighted by molar-refractivity contribution is 5.75. The van der Waals surface area contributed by atoms with E-state index in [9.17, 15) is 18.7 Å². The van der Waals surface area contributed by atoms with Gasteiger partial charge in [0.2, 0.25) is 5.92 Å². The summed E-state index contributed by atoms with van der Waals surface area (Å²) in [5.74, 6) is -2.27. The monoisotopic (exact) mass is 434 g/mol. The van der Waals surface area contributed by atoms with Crippen molar-refractivity contribution in [1.82, 2.24) is 14.6 Å². The van der Waals surface area contributed by atoms with Crippen LogP contribution in [0.15, 0.2) is 6.07 Å². The number of rotatable bonds is 4. The van der Waals surface area contributed by atoms with E-state index in [2.05, 4.69) is 18.7 Å². The second-order valence-electron chi connectivity index (χ2n) is 9.95. The minimum atomic E-state index is -2.57. The highest BCUT2D eigenvalue weighted by Crippen LogP contribution is 2.42. The first kappa shape index (κ1) is 22.0. The van der Waals surface area contributed by atoms with Gasteiger partial charge in [0.05, 0.1) is 11.1 Å². The Kier molecular flexibility index (Phi) is 5.46. The van der Waals surface area contributed by atoms with Crippen LogP contribution in [0.5, 0.6) is 0 Å². The first-order valence-corrected chi connectivity index (χ1v) is 11.3. The minimum absolute atomic E-state index is 0.00243. The van der Waals surface area contributed by atoms with E-state index in [4.69, 9.17) is 10.1 Å². The van der Waals surface area contributed by atoms with Gasteiger partial charge in [0, 0.05) is 49.2 Å². The predicted molar refractivity (Wildman–Crippen MR) is 115 cm³/mol. The lowest BCUT2D eigenvalue weighted by atomic mass is 9.81. The number of carboxylic acids is 1. The smallest absolute Gasteiger partial charge is 0.311 e. The second-order valence-corrected chi connectivity index (χ2v) is 9.95. The van der Waals surface area contributed by atoms with Gasteiger partial charge >= 0.3 is 5.97 Å². The molecule has 1 aliphatic carbocycles. The number of carbonyl (C=O) groups is 1. The molecule has 170 valence electrons. The van der Waals surface area contributed by atoms with Gasteiger partial charge in [0.15, 0.2) is 5.65 Å². The van der Waals surface area contributed by atoms with Crippen LogP contribution in [-0.4, -0.2) is 44.7 Å². The fourth-order valence-electron chi connectivity index (χ4n) is 5.24. The predicted octanol–water partition coefficient (Wildman–Crippen LogP) is 5.15. The van der Waals surface area contributed by atoms with Gasteiger partial charge in [-0.05, 0) is 45.4 Å². The number of aryl methyl sites for hydroxylation is 1. The summed E-state index contributed by atoms with van der Waals surface area (Å²) < 4.78 is 29.1. The van der Waals surface area contributed by atoms with E-state index in [1.165, 1.54) is 0 Å². The lowest BCUT2D eigenvalue weighted by Crippen LogP contribution is -2.47. The molecule has 2 fully saturated rings. The first-order valence-electron chi connectivity index (χ1n) is 11.3. The molecule has 2 aliphatic rings. The molecule has 1 saturated carbocycles. The maximum atomic E-state index is 13.6. The molecule has 2 aromatic rings. The van der Waals surface area contributed by atoms with Crippen molar-refractivity contribution in [3.63, 3.8) is 0 Å². The number of nitrogens with zero attached hydrogens (tertiary/aromatic N) is 4. The minimum Gasteiger partial charge on any atom is -0.481 e. The van der Waals surface area contributed by atoms with E-state index in [1.54, 1.807) is 6.92 Å². The fraction of sp³-hybridized carbons (Fsp3) is 0.696. The number of aromatic nitrogens is 3. The van der Waals surface area contributed by atoms with E-state index < -0.39 is 17.3 Å². The molecule has 0 aromatic carbocycles. The molecule has 1 saturated heterocycles. The number of hydrogen-bond acceptors (Lipinski definition) is 4. The van der Waals surface area contributed by atoms with Crippen molar-refractivity contribution in [3.8, 4) is 0 Å². The normalized spacial score (nSPS) is 24.8. The maximum absolute atomic E-state index is 13.6. The van der Waals surface area contributed by atoms with Crippen LogP contribution < -0.4 is 4.90 Å². The average Bonchev–Trinajstić information content (AvgIpc) is 3.09. The Morgan fingerprint density at radius 2 is 1.94 bits per heavy atom. The molecule has 6 nitrogen and oxygen atoms in total. The average molecular weight is 435 g/mol. The lowest BCUT2D eigenvalue weighted by Gasteiger charge is -2.40. The number of alkyl halides is 2. The Morgan fingerprint density at radius 1 is 1.26 bits per heavy atom. The number of aliphatic carboxylic acids is 1. The largest absolute Gasteiger partial charge is 0.481 e. The third-order valence-corrected chi connectivity index (χ3v) is 7.05. The molecule has 1 unspecified atom stereocenters. The molecule has 1 N–H and O–H groups in total. The Hall–Kier alpha value is -2.25. The van der Waals surface area contributed by atoms with Crippen molar-refractivity contribution < 1.29 is 18.7 Å². The number of carboxylic acid groups (broad SMARTS) is 1. The fourth-order valence-corrected chi connectivity index (χ4v) is 5.24. The van der Waals surface area contributed by atoms with Crippen LogP contribution in [0.4, 0.5) is 14.6 Å². The molecule has 4 rings (SSSR count). The summed E-state index contributed by atoms with van der Waals surface area (Å²) in [6.07, 6.45) is 2.06. The number of piperidine rings is 1. The third kappa shape index (κ3) is 4.01. The van der Waals surface area contributed by atoms with E-state index in [-0.39, 0.29) is 24.7 Å². The third-order valence-electron chi connectivity index (χ3n) is 7.05. The molecule has 2 aromatic heterocycles. The number of hydrogen-bond donors (Lipinski definition) is 1. The van der Waals surface area contributed by atoms with Gasteiger partial charge in [-0.3, -0.25) is 4.79 Å². The van der Waals surface area contributed by atoms with Gasteiger partial charge in [-0.15, -0.1) is 0 Å². The number of halogens is 2. The standard InChI is InChI=1S/C23H32F2N4O2/c1-14(2)19-15(3)26-18-12-17(16-6-9-23(24,25)10-7-16)27-29(18)20(19)28-11-5-8-22(4,13-28)21(30)31/h12,14,16H,5-11,13H2,1-4H3,(H,30,31).